The molecule has 0 aliphatic heterocycles. The molecule has 0 saturated heterocycles. The molecule has 0 bridgehead atoms. The normalized spacial score (nSPS) is 9.18. The van der Waals surface area contributed by atoms with Crippen LogP contribution in [-0.2, 0) is 0 Å². The van der Waals surface area contributed by atoms with Gasteiger partial charge in [0.1, 0.15) is 70.6 Å². The van der Waals surface area contributed by atoms with Crippen LogP contribution in [0.3, 0.4) is 0 Å². The molecular formula is C46H66N26O8S5. The maximum absolute atomic E-state index is 4.86. The van der Waals surface area contributed by atoms with Crippen LogP contribution in [0.4, 0.5) is 0 Å². The highest BCUT2D eigenvalue weighted by Crippen LogP contribution is 2.04. The first-order valence-electron chi connectivity index (χ1n) is 24.2. The smallest absolute Gasteiger partial charge is 0.223 e. The summed E-state index contributed by atoms with van der Waals surface area (Å²) in [6.45, 7) is 36.8. The first kappa shape index (κ1) is 73.9. The number of hydrogen-bond donors (Lipinski definition) is 0. The molecule has 0 fully saturated rings. The second kappa shape index (κ2) is 44.5. The van der Waals surface area contributed by atoms with E-state index in [1.807, 2.05) is 76.2 Å². The minimum atomic E-state index is 0.606. The fourth-order valence-electron chi connectivity index (χ4n) is 4.02. The molecule has 0 unspecified atom stereocenters. The Morgan fingerprint density at radius 3 is 1.08 bits per heavy atom. The summed E-state index contributed by atoms with van der Waals surface area (Å²) < 4.78 is 47.7. The Morgan fingerprint density at radius 2 is 0.953 bits per heavy atom. The predicted molar refractivity (Wildman–Crippen MR) is 309 cm³/mol. The first-order valence-corrected chi connectivity index (χ1v) is 28.2. The van der Waals surface area contributed by atoms with Crippen LogP contribution in [-0.4, -0.2) is 130 Å². The summed E-state index contributed by atoms with van der Waals surface area (Å²) in [5, 5.41) is 62.8. The standard InChI is InChI=1S/4C4H6N2O.3C4H6N2S.4C3H4N2O.2C3H4N2S/c1-3-5-6-4(2)7-3;2*1-3-5-4(2)7-6-3;1-3-4(2)6-7-5-3;1-3-5-6-4(2)7-3;2*1-3-5-4(2)7-6-3;1-3-5-4-2-6-3;1-3-4-2-6-5-3;1-3-4-2-5-6-3;1-3-2-4-6-5-3;1-3-5-4-2-6-3;1-3-4-2-5-6-3/h7*1-2H3;6*2H,1H3. The Morgan fingerprint density at radius 1 is 0.376 bits per heavy atom. The van der Waals surface area contributed by atoms with Crippen molar-refractivity contribution in [3.63, 3.8) is 0 Å². The number of nitrogens with zero attached hydrogens (tertiary/aromatic N) is 26. The molecule has 85 heavy (non-hydrogen) atoms. The molecule has 0 N–H and O–H groups in total. The summed E-state index contributed by atoms with van der Waals surface area (Å²) in [6.07, 6.45) is 7.08. The number of aromatic nitrogens is 26. The Kier molecular flexibility index (Phi) is 38.7. The molecular weight excluding hydrogens is 1210 g/mol. The maximum atomic E-state index is 4.86. The topological polar surface area (TPSA) is 440 Å². The predicted octanol–water partition coefficient (Wildman–Crippen LogP) is 9.42. The summed E-state index contributed by atoms with van der Waals surface area (Å²) in [4.78, 5) is 26.8. The molecule has 0 aliphatic rings. The van der Waals surface area contributed by atoms with Gasteiger partial charge in [-0.15, -0.1) is 63.5 Å². The second-order valence-electron chi connectivity index (χ2n) is 15.4. The molecule has 458 valence electrons. The highest BCUT2D eigenvalue weighted by molar-refractivity contribution is 7.11. The Bertz CT molecular complexity index is 2840. The number of rotatable bonds is 0. The lowest BCUT2D eigenvalue weighted by Crippen LogP contribution is -1.71. The molecule has 0 aromatic carbocycles. The zero-order chi connectivity index (χ0) is 63.4. The van der Waals surface area contributed by atoms with Crippen molar-refractivity contribution in [1.82, 2.24) is 130 Å². The van der Waals surface area contributed by atoms with Crippen LogP contribution >= 0.6 is 57.3 Å². The summed E-state index contributed by atoms with van der Waals surface area (Å²) in [5.74, 6) is 7.52. The van der Waals surface area contributed by atoms with E-state index in [4.69, 9.17) is 4.42 Å². The molecule has 13 heterocycles. The van der Waals surface area contributed by atoms with Crippen LogP contribution in [0.1, 0.15) is 112 Å². The molecule has 34 nitrogen and oxygen atoms in total. The van der Waals surface area contributed by atoms with Crippen molar-refractivity contribution in [2.75, 3.05) is 0 Å². The van der Waals surface area contributed by atoms with Crippen molar-refractivity contribution in [3.05, 3.63) is 149 Å². The van der Waals surface area contributed by atoms with Crippen molar-refractivity contribution in [2.45, 2.75) is 138 Å². The molecule has 0 saturated carbocycles. The third-order valence-electron chi connectivity index (χ3n) is 7.47. The lowest BCUT2D eigenvalue weighted by Gasteiger charge is -1.71. The van der Waals surface area contributed by atoms with Crippen LogP contribution in [0.25, 0.3) is 0 Å². The van der Waals surface area contributed by atoms with E-state index >= 15 is 0 Å². The van der Waals surface area contributed by atoms with E-state index in [-0.39, 0.29) is 0 Å². The van der Waals surface area contributed by atoms with Gasteiger partial charge in [-0.3, -0.25) is 0 Å². The number of aryl methyl sites for hydroxylation is 20. The van der Waals surface area contributed by atoms with E-state index in [1.54, 1.807) is 103 Å². The van der Waals surface area contributed by atoms with Crippen molar-refractivity contribution < 1.29 is 36.2 Å². The zero-order valence-corrected chi connectivity index (χ0v) is 54.5. The molecule has 39 heteroatoms. The SMILES string of the molecule is Cc1cnon1.Cc1ncno1.Cc1ncns1.Cc1ncon1.Cc1nnc(C)o1.Cc1nnc(C)s1.Cc1nnco1.Cc1nncs1.Cc1noc(C)n1.Cc1noc(C)n1.Cc1nonc1C.Cc1nsc(C)n1.Cc1nsc(C)n1. The van der Waals surface area contributed by atoms with Gasteiger partial charge in [0.25, 0.3) is 0 Å². The van der Waals surface area contributed by atoms with Crippen molar-refractivity contribution in [2.24, 2.45) is 0 Å². The van der Waals surface area contributed by atoms with E-state index in [0.717, 1.165) is 58.8 Å². The van der Waals surface area contributed by atoms with Crippen LogP contribution in [0.5, 0.6) is 0 Å². The maximum Gasteiger partial charge on any atom is 0.223 e. The van der Waals surface area contributed by atoms with E-state index in [9.17, 15) is 0 Å². The van der Waals surface area contributed by atoms with Gasteiger partial charge >= 0.3 is 0 Å². The molecule has 0 radical (unpaired) electrons. The van der Waals surface area contributed by atoms with E-state index in [0.29, 0.717) is 52.8 Å². The lowest BCUT2D eigenvalue weighted by atomic mass is 10.4. The average Bonchev–Trinajstić information content (AvgIpc) is 4.28. The van der Waals surface area contributed by atoms with Crippen LogP contribution in [0.15, 0.2) is 73.3 Å². The minimum Gasteiger partial charge on any atom is -0.428 e. The quantitative estimate of drug-likeness (QED) is 0.136. The van der Waals surface area contributed by atoms with Gasteiger partial charge < -0.3 is 26.9 Å². The third-order valence-corrected chi connectivity index (χ3v) is 10.8. The fourth-order valence-corrected chi connectivity index (χ4v) is 6.25. The van der Waals surface area contributed by atoms with Gasteiger partial charge in [-0.05, 0) is 132 Å². The molecule has 13 rings (SSSR count). The van der Waals surface area contributed by atoms with Crippen molar-refractivity contribution >= 4 is 57.3 Å². The Balaban J connectivity index is 0.000000461. The summed E-state index contributed by atoms with van der Waals surface area (Å²) >= 11 is 7.48. The van der Waals surface area contributed by atoms with Gasteiger partial charge in [0.05, 0.1) is 6.20 Å². The highest BCUT2D eigenvalue weighted by Gasteiger charge is 1.95. The lowest BCUT2D eigenvalue weighted by molar-refractivity contribution is 0.302. The van der Waals surface area contributed by atoms with Gasteiger partial charge in [0.15, 0.2) is 23.8 Å². The monoisotopic (exact) mass is 1270 g/mol. The first-order chi connectivity index (χ1) is 40.4. The third kappa shape index (κ3) is 42.4. The van der Waals surface area contributed by atoms with Gasteiger partial charge in [0, 0.05) is 41.5 Å². The van der Waals surface area contributed by atoms with Crippen LogP contribution in [0.2, 0.25) is 0 Å². The van der Waals surface area contributed by atoms with Gasteiger partial charge in [-0.25, -0.2) is 24.2 Å². The summed E-state index contributed by atoms with van der Waals surface area (Å²) in [6, 6.07) is 0. The highest BCUT2D eigenvalue weighted by atomic mass is 32.1. The molecule has 13 aromatic heterocycles. The van der Waals surface area contributed by atoms with E-state index < -0.39 is 0 Å². The van der Waals surface area contributed by atoms with Crippen LogP contribution < -0.4 is 0 Å². The van der Waals surface area contributed by atoms with Crippen molar-refractivity contribution in [1.29, 1.82) is 0 Å². The van der Waals surface area contributed by atoms with Gasteiger partial charge in [-0.2, -0.15) is 33.1 Å². The second-order valence-corrected chi connectivity index (χ2v) is 20.7. The fraction of sp³-hybridized carbons (Fsp3) is 0.435. The zero-order valence-electron chi connectivity index (χ0n) is 50.4. The molecule has 0 atom stereocenters. The average molecular weight is 1270 g/mol. The van der Waals surface area contributed by atoms with Crippen molar-refractivity contribution in [3.8, 4) is 0 Å². The van der Waals surface area contributed by atoms with E-state index in [1.165, 1.54) is 53.7 Å². The minimum absolute atomic E-state index is 0.606. The van der Waals surface area contributed by atoms with Crippen LogP contribution in [0, 0.1) is 138 Å². The molecule has 0 amide bonds. The molecule has 0 spiro atoms. The van der Waals surface area contributed by atoms with E-state index in [2.05, 4.69) is 162 Å². The largest absolute Gasteiger partial charge is 0.428 e. The van der Waals surface area contributed by atoms with Gasteiger partial charge in [0.2, 0.25) is 48.1 Å². The number of hydrogen-bond acceptors (Lipinski definition) is 39. The Labute approximate surface area is 508 Å². The Hall–Kier alpha value is -9.08. The van der Waals surface area contributed by atoms with Gasteiger partial charge in [-0.1, -0.05) is 41.3 Å². The molecule has 0 aliphatic carbocycles. The summed E-state index contributed by atoms with van der Waals surface area (Å²) in [7, 11) is 0. The summed E-state index contributed by atoms with van der Waals surface area (Å²) in [5.41, 5.74) is 4.25. The molecule has 13 aromatic rings.